The van der Waals surface area contributed by atoms with Gasteiger partial charge in [-0.25, -0.2) is 4.79 Å². The van der Waals surface area contributed by atoms with Gasteiger partial charge in [-0.15, -0.1) is 0 Å². The maximum absolute atomic E-state index is 12.9. The minimum atomic E-state index is -0.578. The normalized spacial score (nSPS) is 19.5. The number of nitrogens with zero attached hydrogens (tertiary/aromatic N) is 2. The highest BCUT2D eigenvalue weighted by atomic mass is 16.5. The van der Waals surface area contributed by atoms with Crippen LogP contribution in [-0.2, 0) is 19.1 Å². The van der Waals surface area contributed by atoms with Crippen LogP contribution in [0, 0.1) is 17.3 Å². The predicted octanol–water partition coefficient (Wildman–Crippen LogP) is 2.32. The van der Waals surface area contributed by atoms with Crippen molar-refractivity contribution >= 4 is 17.8 Å². The molecule has 1 heterocycles. The van der Waals surface area contributed by atoms with E-state index in [1.54, 1.807) is 11.9 Å². The van der Waals surface area contributed by atoms with E-state index in [-0.39, 0.29) is 29.6 Å². The maximum atomic E-state index is 12.9. The van der Waals surface area contributed by atoms with Crippen LogP contribution in [0.15, 0.2) is 0 Å². The van der Waals surface area contributed by atoms with Crippen LogP contribution in [0.2, 0.25) is 0 Å². The third-order valence-electron chi connectivity index (χ3n) is 4.68. The van der Waals surface area contributed by atoms with Gasteiger partial charge in [-0.3, -0.25) is 9.59 Å². The van der Waals surface area contributed by atoms with Crippen LogP contribution in [0.3, 0.4) is 0 Å². The Balaban J connectivity index is 2.85. The molecule has 0 aromatic rings. The standard InChI is InChI=1S/C19H34N2O4/c1-13(2)11-15(17(23)25-7)20(6)16(22)14-9-8-10-21(12-14)18(24)19(3,4)5/h13-15H,8-12H2,1-7H3/t14-,15+/m1/s1. The predicted molar refractivity (Wildman–Crippen MR) is 96.8 cm³/mol. The molecule has 0 N–H and O–H groups in total. The molecule has 6 heteroatoms. The van der Waals surface area contributed by atoms with Gasteiger partial charge in [0.25, 0.3) is 0 Å². The van der Waals surface area contributed by atoms with Crippen molar-refractivity contribution in [3.05, 3.63) is 0 Å². The summed E-state index contributed by atoms with van der Waals surface area (Å²) >= 11 is 0. The van der Waals surface area contributed by atoms with Crippen molar-refractivity contribution < 1.29 is 19.1 Å². The second-order valence-corrected chi connectivity index (χ2v) is 8.46. The first-order valence-electron chi connectivity index (χ1n) is 9.12. The molecule has 1 aliphatic heterocycles. The molecule has 6 nitrogen and oxygen atoms in total. The number of ether oxygens (including phenoxy) is 1. The van der Waals surface area contributed by atoms with Gasteiger partial charge in [0.2, 0.25) is 11.8 Å². The van der Waals surface area contributed by atoms with E-state index in [2.05, 4.69) is 0 Å². The molecule has 0 aromatic heterocycles. The molecule has 2 amide bonds. The third-order valence-corrected chi connectivity index (χ3v) is 4.68. The fraction of sp³-hybridized carbons (Fsp3) is 0.842. The van der Waals surface area contributed by atoms with Crippen molar-refractivity contribution in [3.63, 3.8) is 0 Å². The second kappa shape index (κ2) is 8.68. The van der Waals surface area contributed by atoms with Crippen molar-refractivity contribution in [2.45, 2.75) is 59.9 Å². The first kappa shape index (κ1) is 21.5. The summed E-state index contributed by atoms with van der Waals surface area (Å²) in [7, 11) is 3.01. The molecule has 0 radical (unpaired) electrons. The maximum Gasteiger partial charge on any atom is 0.328 e. The fourth-order valence-corrected chi connectivity index (χ4v) is 3.27. The van der Waals surface area contributed by atoms with Gasteiger partial charge in [0, 0.05) is 25.6 Å². The Morgan fingerprint density at radius 1 is 1.24 bits per heavy atom. The number of piperidine rings is 1. The fourth-order valence-electron chi connectivity index (χ4n) is 3.27. The lowest BCUT2D eigenvalue weighted by atomic mass is 9.90. The van der Waals surface area contributed by atoms with Crippen LogP contribution in [0.4, 0.5) is 0 Å². The molecule has 0 unspecified atom stereocenters. The molecular formula is C19H34N2O4. The average molecular weight is 354 g/mol. The van der Waals surface area contributed by atoms with E-state index in [1.807, 2.05) is 34.6 Å². The quantitative estimate of drug-likeness (QED) is 0.711. The van der Waals surface area contributed by atoms with E-state index in [4.69, 9.17) is 4.74 Å². The Bertz CT molecular complexity index is 496. The summed E-state index contributed by atoms with van der Waals surface area (Å²) < 4.78 is 4.88. The molecule has 25 heavy (non-hydrogen) atoms. The summed E-state index contributed by atoms with van der Waals surface area (Å²) in [6.07, 6.45) is 2.11. The van der Waals surface area contributed by atoms with E-state index >= 15 is 0 Å². The molecule has 1 saturated heterocycles. The molecule has 0 aliphatic carbocycles. The highest BCUT2D eigenvalue weighted by Gasteiger charge is 2.37. The topological polar surface area (TPSA) is 66.9 Å². The summed E-state index contributed by atoms with van der Waals surface area (Å²) in [5.41, 5.74) is -0.455. The Kier molecular flexibility index (Phi) is 7.44. The minimum absolute atomic E-state index is 0.0688. The van der Waals surface area contributed by atoms with Crippen molar-refractivity contribution in [2.24, 2.45) is 17.3 Å². The largest absolute Gasteiger partial charge is 0.467 e. The summed E-state index contributed by atoms with van der Waals surface area (Å²) in [6, 6.07) is -0.578. The lowest BCUT2D eigenvalue weighted by Gasteiger charge is -2.38. The molecule has 0 aromatic carbocycles. The number of hydrogen-bond donors (Lipinski definition) is 0. The molecule has 0 saturated carbocycles. The molecule has 1 rings (SSSR count). The molecule has 0 spiro atoms. The van der Waals surface area contributed by atoms with E-state index in [1.165, 1.54) is 12.0 Å². The summed E-state index contributed by atoms with van der Waals surface area (Å²) in [5.74, 6) is -0.390. The van der Waals surface area contributed by atoms with Gasteiger partial charge in [-0.1, -0.05) is 34.6 Å². The zero-order valence-electron chi connectivity index (χ0n) is 16.8. The molecular weight excluding hydrogens is 320 g/mol. The van der Waals surface area contributed by atoms with Crippen molar-refractivity contribution in [3.8, 4) is 0 Å². The van der Waals surface area contributed by atoms with Crippen LogP contribution >= 0.6 is 0 Å². The highest BCUT2D eigenvalue weighted by molar-refractivity contribution is 5.87. The Hall–Kier alpha value is -1.59. The number of carbonyl (C=O) groups is 3. The molecule has 2 atom stereocenters. The van der Waals surface area contributed by atoms with E-state index < -0.39 is 11.5 Å². The number of methoxy groups -OCH3 is 1. The molecule has 1 fully saturated rings. The lowest BCUT2D eigenvalue weighted by Crippen LogP contribution is -2.52. The summed E-state index contributed by atoms with van der Waals surface area (Å²) in [4.78, 5) is 40.9. The zero-order chi connectivity index (χ0) is 19.4. The summed E-state index contributed by atoms with van der Waals surface area (Å²) in [5, 5.41) is 0. The van der Waals surface area contributed by atoms with Crippen LogP contribution < -0.4 is 0 Å². The zero-order valence-corrected chi connectivity index (χ0v) is 16.8. The molecule has 0 bridgehead atoms. The number of likely N-dealkylation sites (tertiary alicyclic amines) is 1. The Morgan fingerprint density at radius 3 is 2.32 bits per heavy atom. The monoisotopic (exact) mass is 354 g/mol. The van der Waals surface area contributed by atoms with Gasteiger partial charge in [-0.2, -0.15) is 0 Å². The number of amides is 2. The average Bonchev–Trinajstić information content (AvgIpc) is 2.56. The van der Waals surface area contributed by atoms with Crippen molar-refractivity contribution in [1.29, 1.82) is 0 Å². The molecule has 144 valence electrons. The van der Waals surface area contributed by atoms with Gasteiger partial charge in [-0.05, 0) is 25.2 Å². The van der Waals surface area contributed by atoms with Crippen LogP contribution in [-0.4, -0.2) is 60.9 Å². The Labute approximate surface area is 151 Å². The number of esters is 1. The third kappa shape index (κ3) is 5.72. The summed E-state index contributed by atoms with van der Waals surface area (Å²) in [6.45, 7) is 10.8. The van der Waals surface area contributed by atoms with Gasteiger partial charge < -0.3 is 14.5 Å². The molecule has 1 aliphatic rings. The number of rotatable bonds is 5. The van der Waals surface area contributed by atoms with Crippen LogP contribution in [0.5, 0.6) is 0 Å². The SMILES string of the molecule is COC(=O)[C@H](CC(C)C)N(C)C(=O)[C@@H]1CCCN(C(=O)C(C)(C)C)C1. The van der Waals surface area contributed by atoms with Gasteiger partial charge in [0.1, 0.15) is 6.04 Å². The van der Waals surface area contributed by atoms with E-state index in [0.717, 1.165) is 12.8 Å². The van der Waals surface area contributed by atoms with Crippen molar-refractivity contribution in [2.75, 3.05) is 27.2 Å². The van der Waals surface area contributed by atoms with Crippen LogP contribution in [0.25, 0.3) is 0 Å². The van der Waals surface area contributed by atoms with E-state index in [9.17, 15) is 14.4 Å². The highest BCUT2D eigenvalue weighted by Crippen LogP contribution is 2.25. The van der Waals surface area contributed by atoms with E-state index in [0.29, 0.717) is 19.5 Å². The Morgan fingerprint density at radius 2 is 1.84 bits per heavy atom. The van der Waals surface area contributed by atoms with Crippen LogP contribution in [0.1, 0.15) is 53.9 Å². The first-order valence-corrected chi connectivity index (χ1v) is 9.12. The van der Waals surface area contributed by atoms with Gasteiger partial charge in [0.15, 0.2) is 0 Å². The van der Waals surface area contributed by atoms with Gasteiger partial charge in [0.05, 0.1) is 13.0 Å². The number of likely N-dealkylation sites (N-methyl/N-ethyl adjacent to an activating group) is 1. The minimum Gasteiger partial charge on any atom is -0.467 e. The first-order chi connectivity index (χ1) is 11.5. The van der Waals surface area contributed by atoms with Gasteiger partial charge >= 0.3 is 5.97 Å². The van der Waals surface area contributed by atoms with Crippen molar-refractivity contribution in [1.82, 2.24) is 9.80 Å². The smallest absolute Gasteiger partial charge is 0.328 e. The number of hydrogen-bond acceptors (Lipinski definition) is 4. The second-order valence-electron chi connectivity index (χ2n) is 8.46. The lowest BCUT2D eigenvalue weighted by molar-refractivity contribution is -0.155. The number of carbonyl (C=O) groups excluding carboxylic acids is 3.